The molecule has 0 aliphatic rings. The first kappa shape index (κ1) is 30.2. The van der Waals surface area contributed by atoms with Gasteiger partial charge in [-0.05, 0) is 67.7 Å². The third kappa shape index (κ3) is 8.25. The number of benzene rings is 2. The van der Waals surface area contributed by atoms with Gasteiger partial charge in [0.1, 0.15) is 5.76 Å². The minimum absolute atomic E-state index is 0.00736. The lowest BCUT2D eigenvalue weighted by molar-refractivity contribution is -0.115. The second kappa shape index (κ2) is 14.1. The molecule has 0 radical (unpaired) electrons. The number of hydrogen-bond acceptors (Lipinski definition) is 7. The summed E-state index contributed by atoms with van der Waals surface area (Å²) in [6.45, 7) is 5.45. The first-order chi connectivity index (χ1) is 18.0. The molecule has 0 fully saturated rings. The van der Waals surface area contributed by atoms with Crippen LogP contribution in [0.2, 0.25) is 5.02 Å². The van der Waals surface area contributed by atoms with Crippen LogP contribution in [-0.4, -0.2) is 52.4 Å². The van der Waals surface area contributed by atoms with Crippen molar-refractivity contribution < 1.29 is 23.8 Å². The van der Waals surface area contributed by atoms with Gasteiger partial charge in [0.05, 0.1) is 31.9 Å². The first-order valence-electron chi connectivity index (χ1n) is 11.2. The van der Waals surface area contributed by atoms with Gasteiger partial charge in [0.25, 0.3) is 11.8 Å². The topological polar surface area (TPSA) is 101 Å². The predicted octanol–water partition coefficient (Wildman–Crippen LogP) is 5.08. The number of rotatable bonds is 10. The maximum Gasteiger partial charge on any atom is 0.257 e. The van der Waals surface area contributed by atoms with Gasteiger partial charge in [-0.2, -0.15) is 0 Å². The fourth-order valence-electron chi connectivity index (χ4n) is 3.12. The molecule has 202 valence electrons. The van der Waals surface area contributed by atoms with Crippen LogP contribution in [0.3, 0.4) is 0 Å². The number of halogens is 1. The number of allylic oxidation sites excluding steroid dienone is 1. The van der Waals surface area contributed by atoms with E-state index in [1.165, 1.54) is 33.5 Å². The minimum Gasteiger partial charge on any atom is -0.497 e. The van der Waals surface area contributed by atoms with E-state index in [-0.39, 0.29) is 27.0 Å². The van der Waals surface area contributed by atoms with Crippen LogP contribution in [0.25, 0.3) is 0 Å². The molecule has 0 spiro atoms. The molecule has 2 amide bonds. The Kier molecular flexibility index (Phi) is 11.2. The molecule has 9 nitrogen and oxygen atoms in total. The normalized spacial score (nSPS) is 11.5. The molecule has 0 saturated heterocycles. The Bertz CT molecular complexity index is 1270. The van der Waals surface area contributed by atoms with Crippen molar-refractivity contribution in [1.29, 1.82) is 0 Å². The zero-order chi connectivity index (χ0) is 28.4. The largest absolute Gasteiger partial charge is 0.497 e. The van der Waals surface area contributed by atoms with E-state index in [1.54, 1.807) is 31.2 Å². The average molecular weight is 559 g/mol. The summed E-state index contributed by atoms with van der Waals surface area (Å²) in [7, 11) is 8.23. The maximum absolute atomic E-state index is 12.9. The number of thiocarbonyl (C=S) groups is 1. The van der Waals surface area contributed by atoms with Gasteiger partial charge in [-0.25, -0.2) is 0 Å². The zero-order valence-corrected chi connectivity index (χ0v) is 23.7. The summed E-state index contributed by atoms with van der Waals surface area (Å²) < 4.78 is 15.8. The number of ether oxygens (including phenoxy) is 3. The summed E-state index contributed by atoms with van der Waals surface area (Å²) in [5, 5.41) is 8.47. The molecule has 0 aliphatic heterocycles. The minimum atomic E-state index is -0.573. The van der Waals surface area contributed by atoms with Crippen molar-refractivity contribution in [3.05, 3.63) is 88.6 Å². The van der Waals surface area contributed by atoms with Gasteiger partial charge in [0.2, 0.25) is 0 Å². The molecule has 2 aromatic carbocycles. The van der Waals surface area contributed by atoms with Crippen LogP contribution in [0, 0.1) is 0 Å². The predicted molar refractivity (Wildman–Crippen MR) is 155 cm³/mol. The second-order valence-electron chi connectivity index (χ2n) is 8.03. The third-order valence-corrected chi connectivity index (χ3v) is 5.74. The van der Waals surface area contributed by atoms with Gasteiger partial charge in [-0.15, -0.1) is 0 Å². The first-order valence-corrected chi connectivity index (χ1v) is 12.0. The van der Waals surface area contributed by atoms with Crippen LogP contribution in [0.1, 0.15) is 17.3 Å². The Labute approximate surface area is 233 Å². The highest BCUT2D eigenvalue weighted by Gasteiger charge is 2.16. The van der Waals surface area contributed by atoms with Crippen molar-refractivity contribution in [2.24, 2.45) is 0 Å². The van der Waals surface area contributed by atoms with Gasteiger partial charge in [-0.1, -0.05) is 18.2 Å². The number of hydrogen-bond donors (Lipinski definition) is 3. The Morgan fingerprint density at radius 3 is 2.16 bits per heavy atom. The number of methoxy groups -OCH3 is 3. The van der Waals surface area contributed by atoms with E-state index >= 15 is 0 Å². The van der Waals surface area contributed by atoms with Crippen LogP contribution in [0.4, 0.5) is 17.1 Å². The molecule has 0 unspecified atom stereocenters. The molecule has 0 saturated carbocycles. The maximum atomic E-state index is 12.9. The SMILES string of the molecule is C=C(/C=C(OC)\C(OC)=C(/C)OC)C(=O)NC(=S)Nc1ccc(Cl)c(C(=O)Nc2ccc(N(C)C)cc2)c1. The number of carbonyl (C=O) groups excluding carboxylic acids is 2. The monoisotopic (exact) mass is 558 g/mol. The fourth-order valence-corrected chi connectivity index (χ4v) is 3.53. The zero-order valence-electron chi connectivity index (χ0n) is 22.1. The molecule has 2 aromatic rings. The fraction of sp³-hybridized carbons (Fsp3) is 0.222. The number of carbonyl (C=O) groups is 2. The standard InChI is InChI=1S/C27H31ClN4O5S/c1-16(14-23(36-6)24(37-7)17(2)35-5)25(33)31-27(38)30-19-10-13-22(28)21(15-19)26(34)29-18-8-11-20(12-9-18)32(3)4/h8-15H,1H2,2-7H3,(H,29,34)(H2,30,31,33,38)/b23-14+,24-17-. The van der Waals surface area contributed by atoms with Crippen molar-refractivity contribution in [2.75, 3.05) is 51.0 Å². The number of amides is 2. The van der Waals surface area contributed by atoms with Gasteiger partial charge in [0.15, 0.2) is 16.6 Å². The Hall–Kier alpha value is -4.02. The van der Waals surface area contributed by atoms with Crippen molar-refractivity contribution in [3.8, 4) is 0 Å². The number of anilines is 3. The number of nitrogens with one attached hydrogen (secondary N) is 3. The van der Waals surface area contributed by atoms with Gasteiger partial charge in [0, 0.05) is 36.7 Å². The van der Waals surface area contributed by atoms with Crippen LogP contribution < -0.4 is 20.9 Å². The molecule has 2 rings (SSSR count). The molecule has 0 aliphatic carbocycles. The van der Waals surface area contributed by atoms with E-state index in [1.807, 2.05) is 31.1 Å². The van der Waals surface area contributed by atoms with Gasteiger partial charge >= 0.3 is 0 Å². The Morgan fingerprint density at radius 2 is 1.61 bits per heavy atom. The van der Waals surface area contributed by atoms with Crippen LogP contribution >= 0.6 is 23.8 Å². The second-order valence-corrected chi connectivity index (χ2v) is 8.85. The van der Waals surface area contributed by atoms with E-state index in [9.17, 15) is 9.59 Å². The van der Waals surface area contributed by atoms with Crippen molar-refractivity contribution in [1.82, 2.24) is 5.32 Å². The lowest BCUT2D eigenvalue weighted by Crippen LogP contribution is -2.34. The molecule has 3 N–H and O–H groups in total. The molecule has 38 heavy (non-hydrogen) atoms. The highest BCUT2D eigenvalue weighted by Crippen LogP contribution is 2.23. The summed E-state index contributed by atoms with van der Waals surface area (Å²) in [5.41, 5.74) is 2.35. The average Bonchev–Trinajstić information content (AvgIpc) is 2.89. The van der Waals surface area contributed by atoms with Crippen LogP contribution in [0.5, 0.6) is 0 Å². The molecular weight excluding hydrogens is 528 g/mol. The lowest BCUT2D eigenvalue weighted by Gasteiger charge is -2.14. The molecule has 0 atom stereocenters. The Morgan fingerprint density at radius 1 is 0.974 bits per heavy atom. The molecule has 0 aromatic heterocycles. The molecule has 11 heteroatoms. The van der Waals surface area contributed by atoms with Crippen molar-refractivity contribution in [3.63, 3.8) is 0 Å². The Balaban J connectivity index is 2.09. The summed E-state index contributed by atoms with van der Waals surface area (Å²) in [4.78, 5) is 27.4. The van der Waals surface area contributed by atoms with E-state index in [2.05, 4.69) is 22.5 Å². The van der Waals surface area contributed by atoms with Crippen molar-refractivity contribution in [2.45, 2.75) is 6.92 Å². The van der Waals surface area contributed by atoms with E-state index in [0.717, 1.165) is 5.69 Å². The highest BCUT2D eigenvalue weighted by atomic mass is 35.5. The van der Waals surface area contributed by atoms with E-state index in [4.69, 9.17) is 38.0 Å². The summed E-state index contributed by atoms with van der Waals surface area (Å²) in [6, 6.07) is 12.1. The van der Waals surface area contributed by atoms with Gasteiger partial charge in [-0.3, -0.25) is 14.9 Å². The lowest BCUT2D eigenvalue weighted by atomic mass is 10.1. The van der Waals surface area contributed by atoms with E-state index < -0.39 is 11.8 Å². The highest BCUT2D eigenvalue weighted by molar-refractivity contribution is 7.80. The van der Waals surface area contributed by atoms with E-state index in [0.29, 0.717) is 22.9 Å². The quantitative estimate of drug-likeness (QED) is 0.161. The number of nitrogens with zero attached hydrogens (tertiary/aromatic N) is 1. The summed E-state index contributed by atoms with van der Waals surface area (Å²) >= 11 is 11.5. The smallest absolute Gasteiger partial charge is 0.257 e. The summed E-state index contributed by atoms with van der Waals surface area (Å²) in [5.74, 6) is 0.0425. The van der Waals surface area contributed by atoms with Crippen LogP contribution in [-0.2, 0) is 19.0 Å². The summed E-state index contributed by atoms with van der Waals surface area (Å²) in [6.07, 6.45) is 1.40. The molecule has 0 bridgehead atoms. The van der Waals surface area contributed by atoms with Crippen LogP contribution in [0.15, 0.2) is 78.0 Å². The van der Waals surface area contributed by atoms with Crippen molar-refractivity contribution >= 4 is 57.8 Å². The molecule has 0 heterocycles. The molecular formula is C27H31ClN4O5S. The third-order valence-electron chi connectivity index (χ3n) is 5.21. The van der Waals surface area contributed by atoms with Gasteiger partial charge < -0.3 is 29.7 Å².